The molecule has 6 nitrogen and oxygen atoms in total. The van der Waals surface area contributed by atoms with Crippen LogP contribution in [0.25, 0.3) is 0 Å². The lowest BCUT2D eigenvalue weighted by Gasteiger charge is -2.31. The van der Waals surface area contributed by atoms with Crippen molar-refractivity contribution in [3.05, 3.63) is 35.6 Å². The van der Waals surface area contributed by atoms with Crippen molar-refractivity contribution in [1.82, 2.24) is 10.2 Å². The Balaban J connectivity index is 1.89. The molecule has 0 aliphatic carbocycles. The lowest BCUT2D eigenvalue weighted by molar-refractivity contribution is -0.140. The van der Waals surface area contributed by atoms with Gasteiger partial charge in [0.15, 0.2) is 5.78 Å². The molecule has 0 aromatic heterocycles. The number of carbonyl (C=O) groups is 3. The Labute approximate surface area is 159 Å². The monoisotopic (exact) mass is 378 g/mol. The summed E-state index contributed by atoms with van der Waals surface area (Å²) in [6.07, 6.45) is 0.534. The van der Waals surface area contributed by atoms with Gasteiger partial charge in [-0.1, -0.05) is 13.8 Å². The third kappa shape index (κ3) is 6.75. The number of hydrogen-bond donors (Lipinski definition) is 1. The number of carbonyl (C=O) groups excluding carboxylic acids is 3. The number of nitrogens with zero attached hydrogens (tertiary/aromatic N) is 1. The number of Topliss-reactive ketones (excluding diaryl/α,β-unsaturated/α-hetero) is 1. The van der Waals surface area contributed by atoms with E-state index in [4.69, 9.17) is 4.74 Å². The number of benzene rings is 1. The predicted octanol–water partition coefficient (Wildman–Crippen LogP) is 2.18. The van der Waals surface area contributed by atoms with Crippen LogP contribution in [0.4, 0.5) is 4.39 Å². The molecule has 27 heavy (non-hydrogen) atoms. The van der Waals surface area contributed by atoms with Crippen molar-refractivity contribution < 1.29 is 23.5 Å². The van der Waals surface area contributed by atoms with Crippen LogP contribution in [-0.2, 0) is 14.3 Å². The first-order chi connectivity index (χ1) is 12.9. The zero-order chi connectivity index (χ0) is 19.8. The average molecular weight is 378 g/mol. The molecular formula is C20H27FN2O4. The lowest BCUT2D eigenvalue weighted by atomic mass is 10.0. The molecular weight excluding hydrogens is 351 g/mol. The summed E-state index contributed by atoms with van der Waals surface area (Å²) < 4.78 is 18.2. The van der Waals surface area contributed by atoms with E-state index in [-0.39, 0.29) is 36.4 Å². The van der Waals surface area contributed by atoms with E-state index in [9.17, 15) is 18.8 Å². The first-order valence-corrected chi connectivity index (χ1v) is 9.31. The van der Waals surface area contributed by atoms with Gasteiger partial charge in [0.05, 0.1) is 13.2 Å². The quantitative estimate of drug-likeness (QED) is 0.704. The highest BCUT2D eigenvalue weighted by atomic mass is 19.1. The summed E-state index contributed by atoms with van der Waals surface area (Å²) in [5.74, 6) is -0.850. The summed E-state index contributed by atoms with van der Waals surface area (Å²) in [4.78, 5) is 38.8. The van der Waals surface area contributed by atoms with Crippen LogP contribution in [0.1, 0.15) is 43.5 Å². The van der Waals surface area contributed by atoms with Gasteiger partial charge < -0.3 is 15.0 Å². The molecule has 0 spiro atoms. The molecule has 0 bridgehead atoms. The zero-order valence-electron chi connectivity index (χ0n) is 15.9. The van der Waals surface area contributed by atoms with Gasteiger partial charge in [0.25, 0.3) is 0 Å². The van der Waals surface area contributed by atoms with Gasteiger partial charge in [0.1, 0.15) is 11.9 Å². The van der Waals surface area contributed by atoms with E-state index in [1.807, 2.05) is 13.8 Å². The van der Waals surface area contributed by atoms with Gasteiger partial charge in [-0.25, -0.2) is 4.39 Å². The Morgan fingerprint density at radius 2 is 1.74 bits per heavy atom. The maximum absolute atomic E-state index is 12.9. The number of nitrogens with one attached hydrogen (secondary N) is 1. The minimum absolute atomic E-state index is 0.0115. The molecule has 1 saturated heterocycles. The first kappa shape index (κ1) is 21.0. The molecule has 0 radical (unpaired) electrons. The smallest absolute Gasteiger partial charge is 0.245 e. The fourth-order valence-electron chi connectivity index (χ4n) is 2.97. The number of hydrogen-bond acceptors (Lipinski definition) is 4. The fraction of sp³-hybridized carbons (Fsp3) is 0.550. The molecule has 1 N–H and O–H groups in total. The summed E-state index contributed by atoms with van der Waals surface area (Å²) in [6.45, 7) is 6.02. The van der Waals surface area contributed by atoms with Crippen molar-refractivity contribution in [3.8, 4) is 0 Å². The van der Waals surface area contributed by atoms with Gasteiger partial charge >= 0.3 is 0 Å². The topological polar surface area (TPSA) is 75.7 Å². The van der Waals surface area contributed by atoms with Crippen LogP contribution < -0.4 is 5.32 Å². The molecule has 7 heteroatoms. The highest BCUT2D eigenvalue weighted by Crippen LogP contribution is 2.11. The lowest BCUT2D eigenvalue weighted by Crippen LogP contribution is -2.52. The second-order valence-electron chi connectivity index (χ2n) is 7.12. The number of rotatable bonds is 8. The SMILES string of the molecule is CC(C)C[C@H](NC(=O)CCC(=O)c1ccc(F)cc1)C(=O)N1CCOCC1. The summed E-state index contributed by atoms with van der Waals surface area (Å²) in [7, 11) is 0. The van der Waals surface area contributed by atoms with Crippen LogP contribution in [0.3, 0.4) is 0 Å². The van der Waals surface area contributed by atoms with Crippen LogP contribution in [0, 0.1) is 11.7 Å². The van der Waals surface area contributed by atoms with Crippen LogP contribution in [0.15, 0.2) is 24.3 Å². The number of ketones is 1. The van der Waals surface area contributed by atoms with Crippen LogP contribution in [0.5, 0.6) is 0 Å². The number of ether oxygens (including phenoxy) is 1. The van der Waals surface area contributed by atoms with Crippen LogP contribution in [-0.4, -0.2) is 54.8 Å². The van der Waals surface area contributed by atoms with Crippen molar-refractivity contribution in [2.24, 2.45) is 5.92 Å². The first-order valence-electron chi connectivity index (χ1n) is 9.31. The van der Waals surface area contributed by atoms with Crippen molar-refractivity contribution in [2.45, 2.75) is 39.2 Å². The highest BCUT2D eigenvalue weighted by molar-refractivity contribution is 5.98. The average Bonchev–Trinajstić information content (AvgIpc) is 2.66. The zero-order valence-corrected chi connectivity index (χ0v) is 15.9. The van der Waals surface area contributed by atoms with Crippen molar-refractivity contribution in [1.29, 1.82) is 0 Å². The molecule has 1 atom stereocenters. The minimum atomic E-state index is -0.600. The van der Waals surface area contributed by atoms with Gasteiger partial charge in [-0.15, -0.1) is 0 Å². The van der Waals surface area contributed by atoms with Crippen molar-refractivity contribution in [2.75, 3.05) is 26.3 Å². The molecule has 0 unspecified atom stereocenters. The Kier molecular flexibility index (Phi) is 7.91. The molecule has 0 saturated carbocycles. The van der Waals surface area contributed by atoms with Gasteiger partial charge in [-0.05, 0) is 36.6 Å². The van der Waals surface area contributed by atoms with Crippen LogP contribution >= 0.6 is 0 Å². The van der Waals surface area contributed by atoms with Crippen molar-refractivity contribution in [3.63, 3.8) is 0 Å². The Bertz CT molecular complexity index is 654. The largest absolute Gasteiger partial charge is 0.378 e. The summed E-state index contributed by atoms with van der Waals surface area (Å²) in [5, 5.41) is 2.78. The molecule has 1 aromatic carbocycles. The highest BCUT2D eigenvalue weighted by Gasteiger charge is 2.27. The van der Waals surface area contributed by atoms with Gasteiger partial charge in [0, 0.05) is 31.5 Å². The molecule has 2 amide bonds. The number of halogens is 1. The normalized spacial score (nSPS) is 15.5. The van der Waals surface area contributed by atoms with E-state index in [2.05, 4.69) is 5.32 Å². The van der Waals surface area contributed by atoms with Crippen LogP contribution in [0.2, 0.25) is 0 Å². The molecule has 1 aliphatic rings. The van der Waals surface area contributed by atoms with Crippen molar-refractivity contribution >= 4 is 17.6 Å². The van der Waals surface area contributed by atoms with E-state index >= 15 is 0 Å². The van der Waals surface area contributed by atoms with E-state index in [1.165, 1.54) is 24.3 Å². The molecule has 1 heterocycles. The molecule has 1 aliphatic heterocycles. The third-order valence-corrected chi connectivity index (χ3v) is 4.41. The fourth-order valence-corrected chi connectivity index (χ4v) is 2.97. The minimum Gasteiger partial charge on any atom is -0.378 e. The van der Waals surface area contributed by atoms with Gasteiger partial charge in [-0.2, -0.15) is 0 Å². The van der Waals surface area contributed by atoms with Gasteiger partial charge in [-0.3, -0.25) is 14.4 Å². The standard InChI is InChI=1S/C20H27FN2O4/c1-14(2)13-17(20(26)23-9-11-27-12-10-23)22-19(25)8-7-18(24)15-3-5-16(21)6-4-15/h3-6,14,17H,7-13H2,1-2H3,(H,22,25)/t17-/m0/s1. The third-order valence-electron chi connectivity index (χ3n) is 4.41. The maximum atomic E-state index is 12.9. The Morgan fingerprint density at radius 3 is 2.33 bits per heavy atom. The molecule has 1 fully saturated rings. The number of amides is 2. The Hall–Kier alpha value is -2.28. The molecule has 1 aromatic rings. The maximum Gasteiger partial charge on any atom is 0.245 e. The van der Waals surface area contributed by atoms with E-state index in [1.54, 1.807) is 4.90 Å². The second-order valence-corrected chi connectivity index (χ2v) is 7.12. The van der Waals surface area contributed by atoms with E-state index in [0.29, 0.717) is 38.3 Å². The predicted molar refractivity (Wildman–Crippen MR) is 98.7 cm³/mol. The number of morpholine rings is 1. The summed E-state index contributed by atoms with van der Waals surface area (Å²) in [6, 6.07) is 4.63. The summed E-state index contributed by atoms with van der Waals surface area (Å²) >= 11 is 0. The summed E-state index contributed by atoms with van der Waals surface area (Å²) in [5.41, 5.74) is 0.368. The van der Waals surface area contributed by atoms with E-state index in [0.717, 1.165) is 0 Å². The van der Waals surface area contributed by atoms with E-state index < -0.39 is 11.9 Å². The molecule has 2 rings (SSSR count). The second kappa shape index (κ2) is 10.2. The van der Waals surface area contributed by atoms with Gasteiger partial charge in [0.2, 0.25) is 11.8 Å². The Morgan fingerprint density at radius 1 is 1.11 bits per heavy atom. The molecule has 148 valence electrons.